The molecule has 8 heteroatoms. The smallest absolute Gasteiger partial charge is 0.316 e. The average Bonchev–Trinajstić information content (AvgIpc) is 2.47. The summed E-state index contributed by atoms with van der Waals surface area (Å²) in [5, 5.41) is 15.9. The fourth-order valence-corrected chi connectivity index (χ4v) is 2.03. The van der Waals surface area contributed by atoms with Crippen LogP contribution in [-0.2, 0) is 11.2 Å². The van der Waals surface area contributed by atoms with Crippen LogP contribution in [0.5, 0.6) is 0 Å². The Hall–Kier alpha value is -3.42. The normalized spacial score (nSPS) is 9.91. The molecule has 3 amide bonds. The number of hydrogen-bond acceptors (Lipinski definition) is 4. The highest BCUT2D eigenvalue weighted by atomic mass is 16.6. The Kier molecular flexibility index (Phi) is 4.88. The Morgan fingerprint density at radius 1 is 1.04 bits per heavy atom. The predicted molar refractivity (Wildman–Crippen MR) is 85.1 cm³/mol. The molecule has 4 N–H and O–H groups in total. The molecule has 0 fully saturated rings. The molecule has 0 aliphatic rings. The van der Waals surface area contributed by atoms with Gasteiger partial charge in [-0.2, -0.15) is 0 Å². The van der Waals surface area contributed by atoms with Crippen molar-refractivity contribution in [1.29, 1.82) is 0 Å². The van der Waals surface area contributed by atoms with E-state index in [1.54, 1.807) is 30.3 Å². The van der Waals surface area contributed by atoms with Gasteiger partial charge in [0.2, 0.25) is 5.91 Å². The Labute approximate surface area is 131 Å². The molecule has 0 aliphatic carbocycles. The van der Waals surface area contributed by atoms with Crippen LogP contribution >= 0.6 is 0 Å². The van der Waals surface area contributed by atoms with Gasteiger partial charge in [0.25, 0.3) is 5.69 Å². The highest BCUT2D eigenvalue weighted by molar-refractivity contribution is 5.94. The summed E-state index contributed by atoms with van der Waals surface area (Å²) >= 11 is 0. The number of nitrogens with one attached hydrogen (secondary N) is 2. The minimum absolute atomic E-state index is 0.105. The summed E-state index contributed by atoms with van der Waals surface area (Å²) in [6.45, 7) is 0. The average molecular weight is 314 g/mol. The number of amides is 3. The summed E-state index contributed by atoms with van der Waals surface area (Å²) < 4.78 is 0. The molecule has 0 atom stereocenters. The Balaban J connectivity index is 2.08. The third kappa shape index (κ3) is 4.53. The number of nitrogens with zero attached hydrogens (tertiary/aromatic N) is 1. The zero-order chi connectivity index (χ0) is 16.8. The first-order chi connectivity index (χ1) is 11.0. The molecule has 0 radical (unpaired) electrons. The van der Waals surface area contributed by atoms with Crippen molar-refractivity contribution in [1.82, 2.24) is 0 Å². The number of benzene rings is 2. The van der Waals surface area contributed by atoms with E-state index in [1.807, 2.05) is 0 Å². The molecule has 0 saturated carbocycles. The van der Waals surface area contributed by atoms with Gasteiger partial charge in [-0.05, 0) is 18.2 Å². The van der Waals surface area contributed by atoms with Crippen LogP contribution in [0.4, 0.5) is 21.9 Å². The summed E-state index contributed by atoms with van der Waals surface area (Å²) in [5.74, 6) is -0.407. The van der Waals surface area contributed by atoms with Gasteiger partial charge in [-0.25, -0.2) is 4.79 Å². The summed E-state index contributed by atoms with van der Waals surface area (Å²) in [6, 6.07) is 11.7. The van der Waals surface area contributed by atoms with Crippen molar-refractivity contribution in [3.63, 3.8) is 0 Å². The third-order valence-electron chi connectivity index (χ3n) is 2.95. The number of nitro groups is 1. The second-order valence-electron chi connectivity index (χ2n) is 4.68. The lowest BCUT2D eigenvalue weighted by atomic mass is 10.1. The maximum Gasteiger partial charge on any atom is 0.316 e. The SMILES string of the molecule is NC(=O)Nc1cccc(NC(=O)Cc2ccccc2[N+](=O)[O-])c1. The molecule has 0 spiro atoms. The minimum Gasteiger partial charge on any atom is -0.351 e. The predicted octanol–water partition coefficient (Wildman–Crippen LogP) is 2.27. The third-order valence-corrected chi connectivity index (χ3v) is 2.95. The van der Waals surface area contributed by atoms with Crippen LogP contribution in [-0.4, -0.2) is 16.9 Å². The maximum absolute atomic E-state index is 12.0. The molecule has 0 aromatic heterocycles. The van der Waals surface area contributed by atoms with Gasteiger partial charge in [0.05, 0.1) is 11.3 Å². The van der Waals surface area contributed by atoms with Crippen molar-refractivity contribution < 1.29 is 14.5 Å². The first-order valence-electron chi connectivity index (χ1n) is 6.64. The molecular formula is C15H14N4O4. The zero-order valence-electron chi connectivity index (χ0n) is 12.0. The van der Waals surface area contributed by atoms with E-state index >= 15 is 0 Å². The summed E-state index contributed by atoms with van der Waals surface area (Å²) in [7, 11) is 0. The zero-order valence-corrected chi connectivity index (χ0v) is 12.0. The van der Waals surface area contributed by atoms with Crippen molar-refractivity contribution >= 4 is 29.0 Å². The van der Waals surface area contributed by atoms with Gasteiger partial charge in [0, 0.05) is 23.0 Å². The molecule has 0 heterocycles. The Morgan fingerprint density at radius 3 is 2.35 bits per heavy atom. The molecule has 0 saturated heterocycles. The Bertz CT molecular complexity index is 761. The van der Waals surface area contributed by atoms with Crippen molar-refractivity contribution in [2.45, 2.75) is 6.42 Å². The van der Waals surface area contributed by atoms with Crippen LogP contribution in [0.25, 0.3) is 0 Å². The second kappa shape index (κ2) is 7.03. The molecule has 0 bridgehead atoms. The number of carbonyl (C=O) groups excluding carboxylic acids is 2. The maximum atomic E-state index is 12.0. The van der Waals surface area contributed by atoms with E-state index in [2.05, 4.69) is 10.6 Å². The van der Waals surface area contributed by atoms with Gasteiger partial charge in [-0.1, -0.05) is 24.3 Å². The summed E-state index contributed by atoms with van der Waals surface area (Å²) in [5.41, 5.74) is 6.11. The number of rotatable bonds is 5. The van der Waals surface area contributed by atoms with Gasteiger partial charge in [-0.15, -0.1) is 0 Å². The summed E-state index contributed by atoms with van der Waals surface area (Å²) in [4.78, 5) is 33.3. The number of carbonyl (C=O) groups is 2. The molecule has 0 aliphatic heterocycles. The van der Waals surface area contributed by atoms with Gasteiger partial charge in [0.15, 0.2) is 0 Å². The second-order valence-corrected chi connectivity index (χ2v) is 4.68. The van der Waals surface area contributed by atoms with E-state index in [-0.39, 0.29) is 12.1 Å². The highest BCUT2D eigenvalue weighted by Gasteiger charge is 2.15. The number of nitro benzene ring substituents is 1. The molecule has 2 aromatic carbocycles. The van der Waals surface area contributed by atoms with Crippen molar-refractivity contribution in [2.75, 3.05) is 10.6 Å². The number of nitrogens with two attached hydrogens (primary N) is 1. The van der Waals surface area contributed by atoms with Gasteiger partial charge in [-0.3, -0.25) is 14.9 Å². The van der Waals surface area contributed by atoms with E-state index in [1.165, 1.54) is 18.2 Å². The monoisotopic (exact) mass is 314 g/mol. The highest BCUT2D eigenvalue weighted by Crippen LogP contribution is 2.19. The molecule has 2 rings (SSSR count). The number of primary amides is 1. The molecule has 2 aromatic rings. The fourth-order valence-electron chi connectivity index (χ4n) is 2.03. The van der Waals surface area contributed by atoms with E-state index in [4.69, 9.17) is 5.73 Å². The number of anilines is 2. The molecular weight excluding hydrogens is 300 g/mol. The minimum atomic E-state index is -0.714. The quantitative estimate of drug-likeness (QED) is 0.577. The number of para-hydroxylation sites is 1. The fraction of sp³-hybridized carbons (Fsp3) is 0.0667. The number of hydrogen-bond donors (Lipinski definition) is 3. The topological polar surface area (TPSA) is 127 Å². The van der Waals surface area contributed by atoms with Crippen LogP contribution in [0.2, 0.25) is 0 Å². The standard InChI is InChI=1S/C15H14N4O4/c16-15(21)18-12-6-3-5-11(9-12)17-14(20)8-10-4-1-2-7-13(10)19(22)23/h1-7,9H,8H2,(H,17,20)(H3,16,18,21). The summed E-state index contributed by atoms with van der Waals surface area (Å²) in [6.07, 6.45) is -0.134. The van der Waals surface area contributed by atoms with Crippen LogP contribution in [0.1, 0.15) is 5.56 Å². The molecule has 8 nitrogen and oxygen atoms in total. The van der Waals surface area contributed by atoms with Crippen molar-refractivity contribution in [3.05, 3.63) is 64.2 Å². The van der Waals surface area contributed by atoms with Crippen LogP contribution in [0, 0.1) is 10.1 Å². The largest absolute Gasteiger partial charge is 0.351 e. The van der Waals surface area contributed by atoms with E-state index in [0.29, 0.717) is 16.9 Å². The lowest BCUT2D eigenvalue weighted by Crippen LogP contribution is -2.19. The lowest BCUT2D eigenvalue weighted by molar-refractivity contribution is -0.385. The lowest BCUT2D eigenvalue weighted by Gasteiger charge is -2.08. The number of urea groups is 1. The van der Waals surface area contributed by atoms with Crippen LogP contribution in [0.15, 0.2) is 48.5 Å². The molecule has 23 heavy (non-hydrogen) atoms. The van der Waals surface area contributed by atoms with E-state index < -0.39 is 16.9 Å². The van der Waals surface area contributed by atoms with E-state index in [0.717, 1.165) is 0 Å². The first kappa shape index (κ1) is 16.0. The van der Waals surface area contributed by atoms with Gasteiger partial charge >= 0.3 is 6.03 Å². The van der Waals surface area contributed by atoms with Gasteiger partial charge in [0.1, 0.15) is 0 Å². The Morgan fingerprint density at radius 2 is 1.70 bits per heavy atom. The van der Waals surface area contributed by atoms with Crippen LogP contribution < -0.4 is 16.4 Å². The molecule has 0 unspecified atom stereocenters. The first-order valence-corrected chi connectivity index (χ1v) is 6.64. The van der Waals surface area contributed by atoms with Crippen molar-refractivity contribution in [3.8, 4) is 0 Å². The van der Waals surface area contributed by atoms with Crippen molar-refractivity contribution in [2.24, 2.45) is 5.73 Å². The van der Waals surface area contributed by atoms with E-state index in [9.17, 15) is 19.7 Å². The van der Waals surface area contributed by atoms with Gasteiger partial charge < -0.3 is 16.4 Å². The van der Waals surface area contributed by atoms with Crippen LogP contribution in [0.3, 0.4) is 0 Å². The molecule has 118 valence electrons.